The molecule has 5 nitrogen and oxygen atoms in total. The standard InChI is InChI=1S/C23H21FN2O3/c1-12-15-4-3-5-16-17-9-26(2)20(6-13-7-21(28)29-11-14(13)10-27)23(17)25-19(22(15)16)8-18(12)24/h6,8,10H,3-5,7,9,11H2,1-2H3/b20-6-. The molecule has 3 aliphatic rings. The Morgan fingerprint density at radius 2 is 2.00 bits per heavy atom. The van der Waals surface area contributed by atoms with Gasteiger partial charge >= 0.3 is 5.97 Å². The molecule has 0 saturated heterocycles. The summed E-state index contributed by atoms with van der Waals surface area (Å²) < 4.78 is 19.5. The second-order valence-electron chi connectivity index (χ2n) is 8.02. The number of nitrogens with zero attached hydrogens (tertiary/aromatic N) is 2. The first-order valence-electron chi connectivity index (χ1n) is 9.87. The van der Waals surface area contributed by atoms with Gasteiger partial charge in [-0.05, 0) is 54.5 Å². The first-order valence-corrected chi connectivity index (χ1v) is 9.87. The second-order valence-corrected chi connectivity index (χ2v) is 8.02. The zero-order valence-electron chi connectivity index (χ0n) is 16.5. The van der Waals surface area contributed by atoms with Crippen molar-refractivity contribution >= 4 is 28.9 Å². The molecule has 0 saturated carbocycles. The van der Waals surface area contributed by atoms with Crippen LogP contribution >= 0.6 is 0 Å². The molecule has 29 heavy (non-hydrogen) atoms. The van der Waals surface area contributed by atoms with Gasteiger partial charge in [-0.1, -0.05) is 0 Å². The fraction of sp³-hybridized carbons (Fsp3) is 0.348. The minimum atomic E-state index is -0.341. The number of aldehydes is 1. The number of halogens is 1. The lowest BCUT2D eigenvalue weighted by molar-refractivity contribution is -0.142. The summed E-state index contributed by atoms with van der Waals surface area (Å²) >= 11 is 0. The van der Waals surface area contributed by atoms with Crippen molar-refractivity contribution in [3.63, 3.8) is 0 Å². The van der Waals surface area contributed by atoms with Gasteiger partial charge in [0.1, 0.15) is 18.7 Å². The lowest BCUT2D eigenvalue weighted by Crippen LogP contribution is -2.17. The van der Waals surface area contributed by atoms with Crippen molar-refractivity contribution in [2.45, 2.75) is 39.2 Å². The molecule has 2 aliphatic heterocycles. The van der Waals surface area contributed by atoms with Crippen LogP contribution in [0.5, 0.6) is 0 Å². The molecule has 0 N–H and O–H groups in total. The van der Waals surface area contributed by atoms with Crippen LogP contribution in [0.2, 0.25) is 0 Å². The Morgan fingerprint density at radius 1 is 1.21 bits per heavy atom. The van der Waals surface area contributed by atoms with Crippen LogP contribution in [0.3, 0.4) is 0 Å². The number of carbonyl (C=O) groups excluding carboxylic acids is 2. The number of pyridine rings is 1. The van der Waals surface area contributed by atoms with Crippen molar-refractivity contribution in [2.75, 3.05) is 13.7 Å². The van der Waals surface area contributed by atoms with Crippen molar-refractivity contribution < 1.29 is 18.7 Å². The van der Waals surface area contributed by atoms with Crippen LogP contribution in [0.25, 0.3) is 16.6 Å². The predicted molar refractivity (Wildman–Crippen MR) is 107 cm³/mol. The third-order valence-corrected chi connectivity index (χ3v) is 6.31. The summed E-state index contributed by atoms with van der Waals surface area (Å²) in [6.45, 7) is 2.56. The number of hydrogen-bond donors (Lipinski definition) is 0. The van der Waals surface area contributed by atoms with E-state index in [0.717, 1.165) is 53.5 Å². The summed E-state index contributed by atoms with van der Waals surface area (Å²) in [7, 11) is 1.97. The van der Waals surface area contributed by atoms with Crippen LogP contribution in [0.4, 0.5) is 4.39 Å². The lowest BCUT2D eigenvalue weighted by Gasteiger charge is -2.21. The monoisotopic (exact) mass is 392 g/mol. The molecule has 148 valence electrons. The Hall–Kier alpha value is -3.02. The van der Waals surface area contributed by atoms with Crippen LogP contribution in [0.1, 0.15) is 40.8 Å². The van der Waals surface area contributed by atoms with Gasteiger partial charge in [-0.15, -0.1) is 0 Å². The highest BCUT2D eigenvalue weighted by molar-refractivity contribution is 5.92. The van der Waals surface area contributed by atoms with E-state index < -0.39 is 0 Å². The topological polar surface area (TPSA) is 59.5 Å². The maximum atomic E-state index is 14.5. The van der Waals surface area contributed by atoms with E-state index in [9.17, 15) is 14.0 Å². The second kappa shape index (κ2) is 6.51. The van der Waals surface area contributed by atoms with Crippen LogP contribution in [-0.2, 0) is 33.7 Å². The highest BCUT2D eigenvalue weighted by Crippen LogP contribution is 2.41. The molecule has 2 aromatic rings. The molecule has 0 atom stereocenters. The van der Waals surface area contributed by atoms with E-state index in [-0.39, 0.29) is 24.8 Å². The Morgan fingerprint density at radius 3 is 2.79 bits per heavy atom. The molecule has 0 bridgehead atoms. The summed E-state index contributed by atoms with van der Waals surface area (Å²) in [5.74, 6) is -0.558. The van der Waals surface area contributed by atoms with Gasteiger partial charge in [0.2, 0.25) is 0 Å². The summed E-state index contributed by atoms with van der Waals surface area (Å²) in [6.07, 6.45) is 5.52. The Bertz CT molecular complexity index is 1160. The Kier molecular flexibility index (Phi) is 4.05. The highest BCUT2D eigenvalue weighted by Gasteiger charge is 2.31. The van der Waals surface area contributed by atoms with E-state index >= 15 is 0 Å². The zero-order chi connectivity index (χ0) is 20.3. The van der Waals surface area contributed by atoms with Crippen LogP contribution < -0.4 is 0 Å². The first-order chi connectivity index (χ1) is 14.0. The minimum Gasteiger partial charge on any atom is -0.460 e. The van der Waals surface area contributed by atoms with Crippen LogP contribution in [0, 0.1) is 12.7 Å². The number of allylic oxidation sites excluding steroid dienone is 1. The maximum absolute atomic E-state index is 14.5. The van der Waals surface area contributed by atoms with Crippen LogP contribution in [0.15, 0.2) is 23.3 Å². The van der Waals surface area contributed by atoms with Gasteiger partial charge < -0.3 is 9.64 Å². The van der Waals surface area contributed by atoms with Gasteiger partial charge in [0.15, 0.2) is 0 Å². The van der Waals surface area contributed by atoms with Crippen molar-refractivity contribution in [1.29, 1.82) is 0 Å². The smallest absolute Gasteiger partial charge is 0.310 e. The lowest BCUT2D eigenvalue weighted by atomic mass is 9.85. The van der Waals surface area contributed by atoms with E-state index in [1.807, 2.05) is 20.0 Å². The van der Waals surface area contributed by atoms with Crippen LogP contribution in [-0.4, -0.2) is 35.8 Å². The number of fused-ring (bicyclic) bond motifs is 2. The third kappa shape index (κ3) is 2.69. The van der Waals surface area contributed by atoms with Crippen molar-refractivity contribution in [1.82, 2.24) is 9.88 Å². The fourth-order valence-electron chi connectivity index (χ4n) is 4.78. The zero-order valence-corrected chi connectivity index (χ0v) is 16.5. The van der Waals surface area contributed by atoms with Gasteiger partial charge in [0, 0.05) is 36.2 Å². The number of benzene rings is 1. The molecule has 0 amide bonds. The average molecular weight is 392 g/mol. The van der Waals surface area contributed by atoms with E-state index in [4.69, 9.17) is 9.72 Å². The summed E-state index contributed by atoms with van der Waals surface area (Å²) in [6, 6.07) is 1.54. The molecule has 0 spiro atoms. The number of esters is 1. The molecule has 1 aromatic carbocycles. The minimum absolute atomic E-state index is 0.00225. The first kappa shape index (κ1) is 18.0. The van der Waals surface area contributed by atoms with E-state index in [2.05, 4.69) is 4.90 Å². The van der Waals surface area contributed by atoms with E-state index in [1.54, 1.807) is 0 Å². The highest BCUT2D eigenvalue weighted by atomic mass is 19.1. The van der Waals surface area contributed by atoms with E-state index in [0.29, 0.717) is 23.2 Å². The van der Waals surface area contributed by atoms with E-state index in [1.165, 1.54) is 17.2 Å². The quantitative estimate of drug-likeness (QED) is 0.579. The predicted octanol–water partition coefficient (Wildman–Crippen LogP) is 3.40. The summed E-state index contributed by atoms with van der Waals surface area (Å²) in [4.78, 5) is 30.1. The number of hydrogen-bond acceptors (Lipinski definition) is 5. The summed E-state index contributed by atoms with van der Waals surface area (Å²) in [5.41, 5.74) is 7.74. The molecule has 0 fully saturated rings. The molecule has 1 aromatic heterocycles. The van der Waals surface area contributed by atoms with Gasteiger partial charge in [-0.25, -0.2) is 9.37 Å². The molecular weight excluding hydrogens is 371 g/mol. The van der Waals surface area contributed by atoms with Crippen molar-refractivity contribution in [2.24, 2.45) is 0 Å². The maximum Gasteiger partial charge on any atom is 0.310 e. The Labute approximate surface area is 167 Å². The number of cyclic esters (lactones) is 1. The fourth-order valence-corrected chi connectivity index (χ4v) is 4.78. The van der Waals surface area contributed by atoms with Crippen molar-refractivity contribution in [3.8, 4) is 0 Å². The molecular formula is C23H21FN2O3. The number of rotatable bonds is 2. The molecule has 1 aliphatic carbocycles. The molecule has 0 unspecified atom stereocenters. The van der Waals surface area contributed by atoms with Gasteiger partial charge in [-0.3, -0.25) is 9.59 Å². The molecule has 0 radical (unpaired) electrons. The molecule has 5 rings (SSSR count). The van der Waals surface area contributed by atoms with Gasteiger partial charge in [0.05, 0.1) is 23.3 Å². The number of aryl methyl sites for hydroxylation is 2. The Balaban J connectivity index is 1.75. The number of carbonyl (C=O) groups is 2. The molecule has 6 heteroatoms. The largest absolute Gasteiger partial charge is 0.460 e. The number of aromatic nitrogens is 1. The normalized spacial score (nSPS) is 19.8. The number of ether oxygens (including phenoxy) is 1. The molecule has 3 heterocycles. The van der Waals surface area contributed by atoms with Crippen molar-refractivity contribution in [3.05, 3.63) is 57.1 Å². The van der Waals surface area contributed by atoms with Gasteiger partial charge in [-0.2, -0.15) is 0 Å². The average Bonchev–Trinajstić information content (AvgIpc) is 3.02. The SMILES string of the molecule is Cc1c(F)cc2nc3c(c4c2c1CCC4)CN(C)/C3=C\C1=C(C=O)COC(=O)C1. The van der Waals surface area contributed by atoms with Gasteiger partial charge in [0.25, 0.3) is 0 Å². The summed E-state index contributed by atoms with van der Waals surface area (Å²) in [5, 5.41) is 1.11. The third-order valence-electron chi connectivity index (χ3n) is 6.31.